The SMILES string of the molecule is CN(CCc1noc(C(F)(F)F)n1)C(=O)[C@@H]1CC(=O)OC12CCCC2. The summed E-state index contributed by atoms with van der Waals surface area (Å²) in [6, 6.07) is 0. The molecule has 0 aromatic carbocycles. The number of aromatic nitrogens is 2. The van der Waals surface area contributed by atoms with E-state index in [0.29, 0.717) is 12.8 Å². The van der Waals surface area contributed by atoms with Crippen molar-refractivity contribution < 1.29 is 32.0 Å². The molecule has 2 heterocycles. The highest BCUT2D eigenvalue weighted by Crippen LogP contribution is 2.46. The van der Waals surface area contributed by atoms with Crippen molar-refractivity contribution in [1.82, 2.24) is 15.0 Å². The van der Waals surface area contributed by atoms with Gasteiger partial charge in [-0.05, 0) is 25.7 Å². The van der Waals surface area contributed by atoms with Crippen molar-refractivity contribution in [1.29, 1.82) is 0 Å². The molecule has 0 unspecified atom stereocenters. The van der Waals surface area contributed by atoms with Gasteiger partial charge in [-0.15, -0.1) is 0 Å². The van der Waals surface area contributed by atoms with Crippen molar-refractivity contribution >= 4 is 11.9 Å². The summed E-state index contributed by atoms with van der Waals surface area (Å²) in [5, 5.41) is 3.27. The van der Waals surface area contributed by atoms with E-state index in [-0.39, 0.29) is 37.1 Å². The Morgan fingerprint density at radius 1 is 1.36 bits per heavy atom. The first-order valence-electron chi connectivity index (χ1n) is 8.08. The topological polar surface area (TPSA) is 85.5 Å². The van der Waals surface area contributed by atoms with E-state index in [1.807, 2.05) is 0 Å². The van der Waals surface area contributed by atoms with Crippen LogP contribution >= 0.6 is 0 Å². The van der Waals surface area contributed by atoms with Gasteiger partial charge in [-0.2, -0.15) is 18.2 Å². The summed E-state index contributed by atoms with van der Waals surface area (Å²) >= 11 is 0. The highest BCUT2D eigenvalue weighted by molar-refractivity contribution is 5.87. The minimum absolute atomic E-state index is 0.0242. The number of hydrogen-bond donors (Lipinski definition) is 0. The second-order valence-corrected chi connectivity index (χ2v) is 6.53. The smallest absolute Gasteiger partial charge is 0.458 e. The van der Waals surface area contributed by atoms with Crippen LogP contribution in [0.3, 0.4) is 0 Å². The highest BCUT2D eigenvalue weighted by Gasteiger charge is 2.54. The summed E-state index contributed by atoms with van der Waals surface area (Å²) in [5.74, 6) is -2.69. The zero-order chi connectivity index (χ0) is 18.2. The van der Waals surface area contributed by atoms with Crippen LogP contribution in [0.15, 0.2) is 4.52 Å². The van der Waals surface area contributed by atoms with E-state index in [4.69, 9.17) is 4.74 Å². The number of carbonyl (C=O) groups is 2. The molecule has 1 saturated heterocycles. The summed E-state index contributed by atoms with van der Waals surface area (Å²) in [4.78, 5) is 29.0. The number of esters is 1. The average molecular weight is 361 g/mol. The number of carbonyl (C=O) groups excluding carboxylic acids is 2. The van der Waals surface area contributed by atoms with Crippen LogP contribution < -0.4 is 0 Å². The van der Waals surface area contributed by atoms with E-state index in [1.54, 1.807) is 7.05 Å². The van der Waals surface area contributed by atoms with Crippen LogP contribution in [0.4, 0.5) is 13.2 Å². The first kappa shape index (κ1) is 17.7. The summed E-state index contributed by atoms with van der Waals surface area (Å²) < 4.78 is 46.9. The lowest BCUT2D eigenvalue weighted by Gasteiger charge is -2.30. The summed E-state index contributed by atoms with van der Waals surface area (Å²) in [7, 11) is 1.54. The maximum absolute atomic E-state index is 12.7. The molecule has 25 heavy (non-hydrogen) atoms. The summed E-state index contributed by atoms with van der Waals surface area (Å²) in [6.07, 6.45) is -1.47. The molecule has 1 spiro atoms. The highest BCUT2D eigenvalue weighted by atomic mass is 19.4. The second-order valence-electron chi connectivity index (χ2n) is 6.53. The maximum atomic E-state index is 12.7. The van der Waals surface area contributed by atoms with E-state index < -0.39 is 23.6 Å². The van der Waals surface area contributed by atoms with Crippen molar-refractivity contribution in [3.63, 3.8) is 0 Å². The van der Waals surface area contributed by atoms with E-state index in [0.717, 1.165) is 12.8 Å². The molecule has 1 amide bonds. The van der Waals surface area contributed by atoms with Crippen molar-refractivity contribution in [2.24, 2.45) is 5.92 Å². The summed E-state index contributed by atoms with van der Waals surface area (Å²) in [5.41, 5.74) is -0.710. The Labute approximate surface area is 141 Å². The van der Waals surface area contributed by atoms with Gasteiger partial charge in [-0.1, -0.05) is 5.16 Å². The molecular formula is C15H18F3N3O4. The normalized spacial score (nSPS) is 22.4. The third-order valence-electron chi connectivity index (χ3n) is 4.83. The lowest BCUT2D eigenvalue weighted by atomic mass is 9.84. The standard InChI is InChI=1S/C15H18F3N3O4/c1-21(7-4-10-19-13(25-20-10)15(16,17)18)12(23)9-8-11(22)24-14(9)5-2-3-6-14/h9H,2-8H2,1H3/t9-/m0/s1. The van der Waals surface area contributed by atoms with Crippen LogP contribution in [-0.2, 0) is 26.9 Å². The molecule has 3 rings (SSSR count). The van der Waals surface area contributed by atoms with Gasteiger partial charge < -0.3 is 14.2 Å². The van der Waals surface area contributed by atoms with Gasteiger partial charge in [-0.25, -0.2) is 0 Å². The zero-order valence-electron chi connectivity index (χ0n) is 13.6. The monoisotopic (exact) mass is 361 g/mol. The quantitative estimate of drug-likeness (QED) is 0.762. The fraction of sp³-hybridized carbons (Fsp3) is 0.733. The van der Waals surface area contributed by atoms with Crippen molar-refractivity contribution in [3.8, 4) is 0 Å². The number of ether oxygens (including phenoxy) is 1. The fourth-order valence-corrected chi connectivity index (χ4v) is 3.54. The van der Waals surface area contributed by atoms with Crippen molar-refractivity contribution in [2.75, 3.05) is 13.6 Å². The molecule has 2 aliphatic rings. The molecule has 2 fully saturated rings. The minimum atomic E-state index is -4.69. The van der Waals surface area contributed by atoms with Gasteiger partial charge in [-0.3, -0.25) is 9.59 Å². The molecule has 1 aromatic rings. The number of nitrogens with zero attached hydrogens (tertiary/aromatic N) is 3. The molecule has 7 nitrogen and oxygen atoms in total. The number of likely N-dealkylation sites (N-methyl/N-ethyl adjacent to an activating group) is 1. The maximum Gasteiger partial charge on any atom is 0.471 e. The van der Waals surface area contributed by atoms with Crippen molar-refractivity contribution in [3.05, 3.63) is 11.7 Å². The molecule has 1 aliphatic carbocycles. The zero-order valence-corrected chi connectivity index (χ0v) is 13.6. The van der Waals surface area contributed by atoms with E-state index in [1.165, 1.54) is 4.90 Å². The predicted molar refractivity (Wildman–Crippen MR) is 76.0 cm³/mol. The Balaban J connectivity index is 1.61. The minimum Gasteiger partial charge on any atom is -0.458 e. The van der Waals surface area contributed by atoms with Gasteiger partial charge in [0.05, 0.1) is 12.3 Å². The third kappa shape index (κ3) is 3.47. The molecule has 0 N–H and O–H groups in total. The molecular weight excluding hydrogens is 343 g/mol. The number of amides is 1. The van der Waals surface area contributed by atoms with Crippen LogP contribution in [0, 0.1) is 5.92 Å². The number of alkyl halides is 3. The van der Waals surface area contributed by atoms with Gasteiger partial charge in [0.25, 0.3) is 0 Å². The number of rotatable bonds is 4. The second kappa shape index (κ2) is 6.30. The van der Waals surface area contributed by atoms with Gasteiger partial charge in [0.1, 0.15) is 5.60 Å². The predicted octanol–water partition coefficient (Wildman–Crippen LogP) is 1.97. The molecule has 1 atom stereocenters. The fourth-order valence-electron chi connectivity index (χ4n) is 3.54. The molecule has 1 saturated carbocycles. The number of hydrogen-bond acceptors (Lipinski definition) is 6. The number of halogens is 3. The van der Waals surface area contributed by atoms with Crippen LogP contribution in [0.1, 0.15) is 43.8 Å². The molecule has 1 aromatic heterocycles. The lowest BCUT2D eigenvalue weighted by Crippen LogP contribution is -2.44. The first-order valence-corrected chi connectivity index (χ1v) is 8.08. The average Bonchev–Trinajstić information content (AvgIpc) is 3.24. The van der Waals surface area contributed by atoms with E-state index in [2.05, 4.69) is 14.7 Å². The molecule has 0 bridgehead atoms. The van der Waals surface area contributed by atoms with Crippen LogP contribution in [-0.4, -0.2) is 46.1 Å². The van der Waals surface area contributed by atoms with Gasteiger partial charge in [0, 0.05) is 20.0 Å². The largest absolute Gasteiger partial charge is 0.471 e. The molecule has 0 radical (unpaired) electrons. The van der Waals surface area contributed by atoms with Crippen LogP contribution in [0.2, 0.25) is 0 Å². The van der Waals surface area contributed by atoms with Crippen molar-refractivity contribution in [2.45, 2.75) is 50.3 Å². The van der Waals surface area contributed by atoms with Crippen LogP contribution in [0.25, 0.3) is 0 Å². The molecule has 138 valence electrons. The van der Waals surface area contributed by atoms with E-state index in [9.17, 15) is 22.8 Å². The molecule has 1 aliphatic heterocycles. The Kier molecular flexibility index (Phi) is 4.46. The lowest BCUT2D eigenvalue weighted by molar-refractivity contribution is -0.159. The Morgan fingerprint density at radius 2 is 2.04 bits per heavy atom. The third-order valence-corrected chi connectivity index (χ3v) is 4.83. The first-order chi connectivity index (χ1) is 11.7. The summed E-state index contributed by atoms with van der Waals surface area (Å²) in [6.45, 7) is 0.121. The Bertz CT molecular complexity index is 667. The van der Waals surface area contributed by atoms with Gasteiger partial charge in [0.15, 0.2) is 5.82 Å². The Morgan fingerprint density at radius 3 is 2.64 bits per heavy atom. The van der Waals surface area contributed by atoms with Crippen LogP contribution in [0.5, 0.6) is 0 Å². The van der Waals surface area contributed by atoms with E-state index >= 15 is 0 Å². The molecule has 10 heteroatoms. The van der Waals surface area contributed by atoms with Gasteiger partial charge >= 0.3 is 18.0 Å². The Hall–Kier alpha value is -2.13. The van der Waals surface area contributed by atoms with Gasteiger partial charge in [0.2, 0.25) is 5.91 Å².